The van der Waals surface area contributed by atoms with Gasteiger partial charge in [-0.1, -0.05) is 12.1 Å². The van der Waals surface area contributed by atoms with Crippen LogP contribution in [0.15, 0.2) is 42.5 Å². The van der Waals surface area contributed by atoms with Crippen LogP contribution in [0.25, 0.3) is 22.2 Å². The lowest BCUT2D eigenvalue weighted by Gasteiger charge is -2.22. The molecule has 3 nitrogen and oxygen atoms in total. The second-order valence-electron chi connectivity index (χ2n) is 6.10. The monoisotopic (exact) mass is 325 g/mol. The van der Waals surface area contributed by atoms with Gasteiger partial charge in [-0.3, -0.25) is 0 Å². The highest BCUT2D eigenvalue weighted by molar-refractivity contribution is 5.92. The maximum Gasteiger partial charge on any atom is 0.132 e. The molecule has 24 heavy (non-hydrogen) atoms. The fourth-order valence-corrected chi connectivity index (χ4v) is 3.24. The second kappa shape index (κ2) is 6.24. The summed E-state index contributed by atoms with van der Waals surface area (Å²) in [6.07, 6.45) is 1.90. The normalized spacial score (nSPS) is 15.8. The molecule has 122 valence electrons. The largest absolute Gasteiger partial charge is 0.317 e. The van der Waals surface area contributed by atoms with E-state index in [-0.39, 0.29) is 17.6 Å². The zero-order valence-corrected chi connectivity index (χ0v) is 13.1. The average Bonchev–Trinajstić information content (AvgIpc) is 2.62. The van der Waals surface area contributed by atoms with Crippen molar-refractivity contribution in [3.63, 3.8) is 0 Å². The van der Waals surface area contributed by atoms with Gasteiger partial charge in [-0.2, -0.15) is 0 Å². The van der Waals surface area contributed by atoms with Crippen LogP contribution in [0.5, 0.6) is 0 Å². The van der Waals surface area contributed by atoms with Crippen LogP contribution in [0, 0.1) is 11.6 Å². The van der Waals surface area contributed by atoms with E-state index in [4.69, 9.17) is 0 Å². The smallest absolute Gasteiger partial charge is 0.132 e. The zero-order chi connectivity index (χ0) is 16.5. The third-order valence-corrected chi connectivity index (χ3v) is 4.51. The molecule has 0 radical (unpaired) electrons. The van der Waals surface area contributed by atoms with Crippen molar-refractivity contribution < 1.29 is 8.78 Å². The first kappa shape index (κ1) is 15.1. The number of fused-ring (bicyclic) bond motifs is 1. The Morgan fingerprint density at radius 3 is 2.54 bits per heavy atom. The van der Waals surface area contributed by atoms with Crippen molar-refractivity contribution in [3.05, 3.63) is 59.9 Å². The van der Waals surface area contributed by atoms with Crippen molar-refractivity contribution in [1.29, 1.82) is 0 Å². The number of benzene rings is 2. The van der Waals surface area contributed by atoms with Crippen molar-refractivity contribution in [2.24, 2.45) is 0 Å². The Morgan fingerprint density at radius 1 is 0.958 bits per heavy atom. The van der Waals surface area contributed by atoms with Gasteiger partial charge in [0.2, 0.25) is 0 Å². The van der Waals surface area contributed by atoms with Crippen LogP contribution in [0.3, 0.4) is 0 Å². The van der Waals surface area contributed by atoms with Crippen LogP contribution in [0.4, 0.5) is 8.78 Å². The number of halogens is 2. The Bertz CT molecular complexity index is 889. The molecule has 1 aliphatic rings. The van der Waals surface area contributed by atoms with E-state index in [0.717, 1.165) is 25.9 Å². The number of aromatic nitrogens is 2. The molecule has 0 unspecified atom stereocenters. The minimum Gasteiger partial charge on any atom is -0.317 e. The first-order valence-corrected chi connectivity index (χ1v) is 8.15. The highest BCUT2D eigenvalue weighted by atomic mass is 19.1. The summed E-state index contributed by atoms with van der Waals surface area (Å²) < 4.78 is 28.0. The van der Waals surface area contributed by atoms with E-state index in [2.05, 4.69) is 15.3 Å². The molecule has 0 amide bonds. The number of piperidine rings is 1. The molecule has 1 aromatic heterocycles. The molecule has 2 heterocycles. The topological polar surface area (TPSA) is 37.8 Å². The van der Waals surface area contributed by atoms with Gasteiger partial charge in [-0.05, 0) is 56.3 Å². The summed E-state index contributed by atoms with van der Waals surface area (Å²) in [7, 11) is 0. The summed E-state index contributed by atoms with van der Waals surface area (Å²) in [6, 6.07) is 10.9. The van der Waals surface area contributed by atoms with Gasteiger partial charge in [0.15, 0.2) is 0 Å². The van der Waals surface area contributed by atoms with E-state index in [0.29, 0.717) is 28.0 Å². The summed E-state index contributed by atoms with van der Waals surface area (Å²) >= 11 is 0. The maximum atomic E-state index is 14.3. The van der Waals surface area contributed by atoms with Crippen LogP contribution < -0.4 is 5.32 Å². The summed E-state index contributed by atoms with van der Waals surface area (Å²) in [6.45, 7) is 1.84. The minimum absolute atomic E-state index is 0.242. The highest BCUT2D eigenvalue weighted by Gasteiger charge is 2.21. The predicted octanol–water partition coefficient (Wildman–Crippen LogP) is 4.04. The van der Waals surface area contributed by atoms with Crippen molar-refractivity contribution >= 4 is 10.9 Å². The third-order valence-electron chi connectivity index (χ3n) is 4.51. The van der Waals surface area contributed by atoms with E-state index in [1.807, 2.05) is 0 Å². The Kier molecular flexibility index (Phi) is 3.94. The van der Waals surface area contributed by atoms with Gasteiger partial charge in [0.05, 0.1) is 11.2 Å². The van der Waals surface area contributed by atoms with E-state index in [1.165, 1.54) is 18.2 Å². The number of nitrogens with zero attached hydrogens (tertiary/aromatic N) is 2. The van der Waals surface area contributed by atoms with Crippen LogP contribution >= 0.6 is 0 Å². The van der Waals surface area contributed by atoms with E-state index in [9.17, 15) is 8.78 Å². The molecular formula is C19H17F2N3. The van der Waals surface area contributed by atoms with E-state index >= 15 is 0 Å². The molecule has 1 aliphatic heterocycles. The first-order valence-electron chi connectivity index (χ1n) is 8.15. The Hall–Kier alpha value is -2.40. The van der Waals surface area contributed by atoms with Crippen molar-refractivity contribution in [2.75, 3.05) is 13.1 Å². The van der Waals surface area contributed by atoms with Gasteiger partial charge < -0.3 is 5.32 Å². The fraction of sp³-hybridized carbons (Fsp3) is 0.263. The third kappa shape index (κ3) is 2.76. The minimum atomic E-state index is -0.377. The van der Waals surface area contributed by atoms with Gasteiger partial charge in [-0.15, -0.1) is 0 Å². The summed E-state index contributed by atoms with van der Waals surface area (Å²) in [5.41, 5.74) is 1.50. The first-order chi connectivity index (χ1) is 11.7. The number of hydrogen-bond acceptors (Lipinski definition) is 3. The second-order valence-corrected chi connectivity index (χ2v) is 6.10. The van der Waals surface area contributed by atoms with Gasteiger partial charge in [0, 0.05) is 16.9 Å². The Morgan fingerprint density at radius 2 is 1.75 bits per heavy atom. The highest BCUT2D eigenvalue weighted by Crippen LogP contribution is 2.32. The van der Waals surface area contributed by atoms with Crippen molar-refractivity contribution in [3.8, 4) is 11.3 Å². The number of hydrogen-bond donors (Lipinski definition) is 1. The summed E-state index contributed by atoms with van der Waals surface area (Å²) in [5, 5.41) is 3.86. The van der Waals surface area contributed by atoms with Crippen molar-refractivity contribution in [1.82, 2.24) is 15.3 Å². The van der Waals surface area contributed by atoms with Gasteiger partial charge in [0.25, 0.3) is 0 Å². The number of nitrogens with one attached hydrogen (secondary N) is 1. The molecule has 0 atom stereocenters. The zero-order valence-electron chi connectivity index (χ0n) is 13.1. The molecular weight excluding hydrogens is 308 g/mol. The Balaban J connectivity index is 1.95. The quantitative estimate of drug-likeness (QED) is 0.773. The molecule has 5 heteroatoms. The molecule has 1 fully saturated rings. The van der Waals surface area contributed by atoms with Gasteiger partial charge in [-0.25, -0.2) is 18.7 Å². The van der Waals surface area contributed by atoms with Crippen molar-refractivity contribution in [2.45, 2.75) is 18.8 Å². The Labute approximate surface area is 138 Å². The SMILES string of the molecule is Fc1ccc2nc(C3CCNCC3)nc(-c3ccccc3F)c2c1. The molecule has 0 saturated carbocycles. The van der Waals surface area contributed by atoms with Crippen LogP contribution in [0.2, 0.25) is 0 Å². The fourth-order valence-electron chi connectivity index (χ4n) is 3.24. The van der Waals surface area contributed by atoms with Gasteiger partial charge in [0.1, 0.15) is 17.5 Å². The van der Waals surface area contributed by atoms with Crippen LogP contribution in [-0.2, 0) is 0 Å². The molecule has 4 rings (SSSR count). The lowest BCUT2D eigenvalue weighted by atomic mass is 9.96. The maximum absolute atomic E-state index is 14.3. The average molecular weight is 325 g/mol. The lowest BCUT2D eigenvalue weighted by molar-refractivity contribution is 0.446. The molecule has 0 aliphatic carbocycles. The summed E-state index contributed by atoms with van der Waals surface area (Å²) in [5.74, 6) is 0.219. The van der Waals surface area contributed by atoms with E-state index < -0.39 is 0 Å². The number of rotatable bonds is 2. The molecule has 0 bridgehead atoms. The van der Waals surface area contributed by atoms with Crippen LogP contribution in [-0.4, -0.2) is 23.1 Å². The van der Waals surface area contributed by atoms with Gasteiger partial charge >= 0.3 is 0 Å². The standard InChI is InChI=1S/C19H17F2N3/c20-13-5-6-17-15(11-13)18(14-3-1-2-4-16(14)21)24-19(23-17)12-7-9-22-10-8-12/h1-6,11-12,22H,7-10H2. The molecule has 1 N–H and O–H groups in total. The summed E-state index contributed by atoms with van der Waals surface area (Å²) in [4.78, 5) is 9.28. The molecule has 1 saturated heterocycles. The lowest BCUT2D eigenvalue weighted by Crippen LogP contribution is -2.27. The molecule has 2 aromatic carbocycles. The van der Waals surface area contributed by atoms with Crippen LogP contribution in [0.1, 0.15) is 24.6 Å². The van der Waals surface area contributed by atoms with E-state index in [1.54, 1.807) is 24.3 Å². The molecule has 0 spiro atoms. The molecule has 3 aromatic rings. The predicted molar refractivity (Wildman–Crippen MR) is 89.7 cm³/mol.